The molecule has 1 aliphatic rings. The zero-order valence-corrected chi connectivity index (χ0v) is 19.2. The van der Waals surface area contributed by atoms with Crippen LogP contribution in [0.2, 0.25) is 0 Å². The number of carbonyl (C=O) groups excluding carboxylic acids is 2. The number of allylic oxidation sites excluding steroid dienone is 1. The highest BCUT2D eigenvalue weighted by atomic mass is 32.1. The monoisotopic (exact) mass is 454 g/mol. The van der Waals surface area contributed by atoms with Crippen molar-refractivity contribution in [2.24, 2.45) is 0 Å². The molecule has 1 atom stereocenters. The second-order valence-electron chi connectivity index (χ2n) is 7.09. The fourth-order valence-electron chi connectivity index (χ4n) is 3.29. The second kappa shape index (κ2) is 10.1. The van der Waals surface area contributed by atoms with Gasteiger partial charge in [0.15, 0.2) is 5.11 Å². The first-order chi connectivity index (χ1) is 15.3. The van der Waals surface area contributed by atoms with E-state index in [-0.39, 0.29) is 12.6 Å². The van der Waals surface area contributed by atoms with Crippen LogP contribution in [0.25, 0.3) is 0 Å². The minimum absolute atomic E-state index is 0.280. The Balaban J connectivity index is 1.73. The third kappa shape index (κ3) is 5.17. The Kier molecular flexibility index (Phi) is 7.32. The Labute approximate surface area is 192 Å². The molecule has 0 fully saturated rings. The largest absolute Gasteiger partial charge is 0.497 e. The normalized spacial score (nSPS) is 15.7. The second-order valence-corrected chi connectivity index (χ2v) is 7.48. The Hall–Kier alpha value is -3.59. The molecular weight excluding hydrogens is 428 g/mol. The summed E-state index contributed by atoms with van der Waals surface area (Å²) < 4.78 is 10.4. The fraction of sp³-hybridized carbons (Fsp3) is 0.261. The van der Waals surface area contributed by atoms with Gasteiger partial charge in [-0.15, -0.1) is 0 Å². The molecule has 0 aromatic heterocycles. The standard InChI is InChI=1S/C23H26N4O4S/c1-5-31-21(28)19-14(2)27(3)23(32)26-20(19)15-6-8-16(9-7-15)24-22(29)25-17-10-12-18(30-4)13-11-17/h6-13,20H,5H2,1-4H3,(H,26,32)(H2,24,25,29)/t20-/m0/s1. The number of methoxy groups -OCH3 is 1. The predicted molar refractivity (Wildman–Crippen MR) is 128 cm³/mol. The summed E-state index contributed by atoms with van der Waals surface area (Å²) in [5.41, 5.74) is 3.31. The summed E-state index contributed by atoms with van der Waals surface area (Å²) in [5, 5.41) is 9.26. The third-order valence-corrected chi connectivity index (χ3v) is 5.49. The zero-order valence-electron chi connectivity index (χ0n) is 18.4. The van der Waals surface area contributed by atoms with Gasteiger partial charge in [-0.25, -0.2) is 9.59 Å². The van der Waals surface area contributed by atoms with Crippen molar-refractivity contribution in [2.45, 2.75) is 19.9 Å². The lowest BCUT2D eigenvalue weighted by Gasteiger charge is -2.35. The molecule has 2 aromatic rings. The molecule has 3 rings (SSSR count). The van der Waals surface area contributed by atoms with E-state index in [1.54, 1.807) is 62.4 Å². The van der Waals surface area contributed by atoms with Crippen molar-refractivity contribution < 1.29 is 19.1 Å². The highest BCUT2D eigenvalue weighted by molar-refractivity contribution is 7.80. The molecule has 1 heterocycles. The maximum Gasteiger partial charge on any atom is 0.338 e. The van der Waals surface area contributed by atoms with Crippen molar-refractivity contribution >= 4 is 40.7 Å². The van der Waals surface area contributed by atoms with Crippen LogP contribution in [-0.2, 0) is 9.53 Å². The number of carbonyl (C=O) groups is 2. The minimum atomic E-state index is -0.445. The number of amides is 2. The Morgan fingerprint density at radius 2 is 1.62 bits per heavy atom. The molecule has 0 bridgehead atoms. The molecule has 2 aromatic carbocycles. The highest BCUT2D eigenvalue weighted by Gasteiger charge is 2.33. The van der Waals surface area contributed by atoms with Crippen molar-refractivity contribution in [3.05, 3.63) is 65.4 Å². The van der Waals surface area contributed by atoms with E-state index >= 15 is 0 Å². The molecule has 0 radical (unpaired) electrons. The van der Waals surface area contributed by atoms with E-state index in [9.17, 15) is 9.59 Å². The molecule has 9 heteroatoms. The SMILES string of the molecule is CCOC(=O)C1=C(C)N(C)C(=S)N[C@H]1c1ccc(NC(=O)Nc2ccc(OC)cc2)cc1. The first-order valence-corrected chi connectivity index (χ1v) is 10.5. The molecule has 0 saturated carbocycles. The lowest BCUT2D eigenvalue weighted by molar-refractivity contribution is -0.139. The van der Waals surface area contributed by atoms with Gasteiger partial charge in [0.25, 0.3) is 0 Å². The van der Waals surface area contributed by atoms with Crippen molar-refractivity contribution in [1.29, 1.82) is 0 Å². The van der Waals surface area contributed by atoms with Gasteiger partial charge >= 0.3 is 12.0 Å². The van der Waals surface area contributed by atoms with Gasteiger partial charge in [0, 0.05) is 24.1 Å². The van der Waals surface area contributed by atoms with E-state index in [0.29, 0.717) is 27.8 Å². The Morgan fingerprint density at radius 3 is 2.16 bits per heavy atom. The molecule has 3 N–H and O–H groups in total. The number of hydrogen-bond donors (Lipinski definition) is 3. The third-order valence-electron chi connectivity index (χ3n) is 5.10. The lowest BCUT2D eigenvalue weighted by atomic mass is 9.95. The molecule has 0 unspecified atom stereocenters. The van der Waals surface area contributed by atoms with E-state index < -0.39 is 12.0 Å². The van der Waals surface area contributed by atoms with E-state index in [0.717, 1.165) is 11.3 Å². The van der Waals surface area contributed by atoms with Gasteiger partial charge in [0.1, 0.15) is 5.75 Å². The quantitative estimate of drug-likeness (QED) is 0.448. The number of thiocarbonyl (C=S) groups is 1. The van der Waals surface area contributed by atoms with Gasteiger partial charge in [-0.1, -0.05) is 12.1 Å². The smallest absolute Gasteiger partial charge is 0.338 e. The molecular formula is C23H26N4O4S. The summed E-state index contributed by atoms with van der Waals surface area (Å²) in [5.74, 6) is 0.318. The molecule has 168 valence electrons. The molecule has 2 amide bonds. The molecule has 0 aliphatic carbocycles. The van der Waals surface area contributed by atoms with E-state index in [2.05, 4.69) is 16.0 Å². The lowest BCUT2D eigenvalue weighted by Crippen LogP contribution is -2.46. The molecule has 0 spiro atoms. The van der Waals surface area contributed by atoms with Gasteiger partial charge < -0.3 is 30.3 Å². The molecule has 0 saturated heterocycles. The van der Waals surface area contributed by atoms with Gasteiger partial charge in [0.05, 0.1) is 25.3 Å². The number of nitrogens with one attached hydrogen (secondary N) is 3. The first-order valence-electron chi connectivity index (χ1n) is 10.1. The zero-order chi connectivity index (χ0) is 23.3. The Bertz CT molecular complexity index is 1030. The number of urea groups is 1. The Morgan fingerprint density at radius 1 is 1.06 bits per heavy atom. The van der Waals surface area contributed by atoms with Gasteiger partial charge in [-0.3, -0.25) is 0 Å². The van der Waals surface area contributed by atoms with Crippen molar-refractivity contribution in [3.8, 4) is 5.75 Å². The molecule has 8 nitrogen and oxygen atoms in total. The number of anilines is 2. The molecule has 32 heavy (non-hydrogen) atoms. The number of hydrogen-bond acceptors (Lipinski definition) is 5. The van der Waals surface area contributed by atoms with Crippen molar-refractivity contribution in [3.63, 3.8) is 0 Å². The highest BCUT2D eigenvalue weighted by Crippen LogP contribution is 2.31. The van der Waals surface area contributed by atoms with E-state index in [1.807, 2.05) is 19.1 Å². The summed E-state index contributed by atoms with van der Waals surface area (Å²) >= 11 is 5.40. The van der Waals surface area contributed by atoms with Crippen LogP contribution < -0.4 is 20.7 Å². The number of ether oxygens (including phenoxy) is 2. The average Bonchev–Trinajstić information content (AvgIpc) is 2.78. The van der Waals surface area contributed by atoms with Crippen LogP contribution in [0.5, 0.6) is 5.75 Å². The number of benzene rings is 2. The average molecular weight is 455 g/mol. The van der Waals surface area contributed by atoms with Gasteiger partial charge in [-0.05, 0) is 68.0 Å². The maximum atomic E-state index is 12.6. The van der Waals surface area contributed by atoms with Crippen molar-refractivity contribution in [2.75, 3.05) is 31.4 Å². The van der Waals surface area contributed by atoms with Crippen LogP contribution in [0, 0.1) is 0 Å². The fourth-order valence-corrected chi connectivity index (χ4v) is 3.54. The van der Waals surface area contributed by atoms with Crippen LogP contribution in [0.1, 0.15) is 25.5 Å². The topological polar surface area (TPSA) is 91.9 Å². The van der Waals surface area contributed by atoms with Gasteiger partial charge in [0.2, 0.25) is 0 Å². The summed E-state index contributed by atoms with van der Waals surface area (Å²) in [7, 11) is 3.38. The summed E-state index contributed by atoms with van der Waals surface area (Å²) in [6.45, 7) is 3.89. The maximum absolute atomic E-state index is 12.6. The summed E-state index contributed by atoms with van der Waals surface area (Å²) in [6.07, 6.45) is 0. The number of esters is 1. The summed E-state index contributed by atoms with van der Waals surface area (Å²) in [4.78, 5) is 26.7. The summed E-state index contributed by atoms with van der Waals surface area (Å²) in [6, 6.07) is 13.4. The van der Waals surface area contributed by atoms with Gasteiger partial charge in [-0.2, -0.15) is 0 Å². The molecule has 1 aliphatic heterocycles. The first kappa shape index (κ1) is 23.1. The van der Waals surface area contributed by atoms with E-state index in [1.165, 1.54) is 0 Å². The van der Waals surface area contributed by atoms with Crippen LogP contribution in [0.15, 0.2) is 59.8 Å². The minimum Gasteiger partial charge on any atom is -0.497 e. The van der Waals surface area contributed by atoms with Crippen LogP contribution in [0.3, 0.4) is 0 Å². The van der Waals surface area contributed by atoms with Crippen molar-refractivity contribution in [1.82, 2.24) is 10.2 Å². The predicted octanol–water partition coefficient (Wildman–Crippen LogP) is 4.04. The van der Waals surface area contributed by atoms with Crippen LogP contribution >= 0.6 is 12.2 Å². The van der Waals surface area contributed by atoms with E-state index in [4.69, 9.17) is 21.7 Å². The van der Waals surface area contributed by atoms with Crippen LogP contribution in [0.4, 0.5) is 16.2 Å². The van der Waals surface area contributed by atoms with Crippen LogP contribution in [-0.4, -0.2) is 42.8 Å². The number of rotatable bonds is 6. The number of nitrogens with zero attached hydrogens (tertiary/aromatic N) is 1.